The molecule has 1 amide bonds. The van der Waals surface area contributed by atoms with E-state index in [1.54, 1.807) is 23.3 Å². The number of carbonyl (C=O) groups is 1. The maximum Gasteiger partial charge on any atom is 0.267 e. The predicted molar refractivity (Wildman–Crippen MR) is 110 cm³/mol. The van der Waals surface area contributed by atoms with Crippen molar-refractivity contribution in [3.05, 3.63) is 95.3 Å². The molecule has 1 atom stereocenters. The van der Waals surface area contributed by atoms with Crippen LogP contribution in [0.4, 0.5) is 5.69 Å². The van der Waals surface area contributed by atoms with Crippen LogP contribution in [0.25, 0.3) is 6.08 Å². The standard InChI is InChI=1S/C22H18N2O2S/c1-16(17-9-4-2-5-10-17)24-21(25)20(15-19-13-8-14-26-19)27-22(24)23-18-11-6-3-7-12-18/h2-16H,1H3/b20-15+,23-22?/t16-/m0/s1. The molecule has 2 aromatic carbocycles. The molecule has 4 rings (SSSR count). The van der Waals surface area contributed by atoms with E-state index in [9.17, 15) is 4.79 Å². The third kappa shape index (κ3) is 3.73. The lowest BCUT2D eigenvalue weighted by Crippen LogP contribution is -2.32. The molecule has 3 aromatic rings. The molecule has 5 heteroatoms. The summed E-state index contributed by atoms with van der Waals surface area (Å²) in [5.41, 5.74) is 1.88. The lowest BCUT2D eigenvalue weighted by molar-refractivity contribution is -0.123. The minimum absolute atomic E-state index is 0.0672. The number of nitrogens with zero attached hydrogens (tertiary/aromatic N) is 2. The normalized spacial score (nSPS) is 18.4. The Morgan fingerprint density at radius 3 is 2.37 bits per heavy atom. The van der Waals surface area contributed by atoms with Crippen LogP contribution in [-0.2, 0) is 4.79 Å². The van der Waals surface area contributed by atoms with Crippen molar-refractivity contribution in [3.8, 4) is 0 Å². The average molecular weight is 374 g/mol. The van der Waals surface area contributed by atoms with E-state index in [0.717, 1.165) is 11.3 Å². The van der Waals surface area contributed by atoms with Gasteiger partial charge in [0.1, 0.15) is 5.76 Å². The number of benzene rings is 2. The summed E-state index contributed by atoms with van der Waals surface area (Å²) in [4.78, 5) is 20.2. The number of hydrogen-bond donors (Lipinski definition) is 0. The molecule has 4 nitrogen and oxygen atoms in total. The van der Waals surface area contributed by atoms with Gasteiger partial charge in [0.15, 0.2) is 5.17 Å². The first-order chi connectivity index (χ1) is 13.2. The first-order valence-corrected chi connectivity index (χ1v) is 9.49. The number of amidine groups is 1. The topological polar surface area (TPSA) is 45.8 Å². The highest BCUT2D eigenvalue weighted by molar-refractivity contribution is 8.18. The molecule has 27 heavy (non-hydrogen) atoms. The second-order valence-electron chi connectivity index (χ2n) is 6.12. The summed E-state index contributed by atoms with van der Waals surface area (Å²) in [6, 6.07) is 23.2. The number of carbonyl (C=O) groups excluding carboxylic acids is 1. The van der Waals surface area contributed by atoms with Gasteiger partial charge in [-0.25, -0.2) is 4.99 Å². The van der Waals surface area contributed by atoms with Crippen molar-refractivity contribution >= 4 is 34.6 Å². The van der Waals surface area contributed by atoms with Crippen molar-refractivity contribution in [2.45, 2.75) is 13.0 Å². The van der Waals surface area contributed by atoms with E-state index in [4.69, 9.17) is 9.41 Å². The second kappa shape index (κ2) is 7.68. The van der Waals surface area contributed by atoms with Gasteiger partial charge in [-0.15, -0.1) is 0 Å². The summed E-state index contributed by atoms with van der Waals surface area (Å²) in [5, 5.41) is 0.667. The second-order valence-corrected chi connectivity index (χ2v) is 7.13. The van der Waals surface area contributed by atoms with Crippen molar-refractivity contribution < 1.29 is 9.21 Å². The maximum absolute atomic E-state index is 13.2. The Kier molecular flexibility index (Phi) is 4.94. The highest BCUT2D eigenvalue weighted by Gasteiger charge is 2.37. The Labute approximate surface area is 162 Å². The van der Waals surface area contributed by atoms with E-state index in [-0.39, 0.29) is 11.9 Å². The summed E-state index contributed by atoms with van der Waals surface area (Å²) in [7, 11) is 0. The van der Waals surface area contributed by atoms with Crippen LogP contribution < -0.4 is 0 Å². The molecule has 0 aliphatic carbocycles. The molecule has 0 bridgehead atoms. The van der Waals surface area contributed by atoms with E-state index in [1.165, 1.54) is 11.8 Å². The fourth-order valence-corrected chi connectivity index (χ4v) is 3.95. The summed E-state index contributed by atoms with van der Waals surface area (Å²) >= 11 is 1.37. The minimum atomic E-state index is -0.129. The first kappa shape index (κ1) is 17.4. The van der Waals surface area contributed by atoms with Crippen LogP contribution in [0.2, 0.25) is 0 Å². The number of hydrogen-bond acceptors (Lipinski definition) is 4. The Hall–Kier alpha value is -3.05. The van der Waals surface area contributed by atoms with Crippen LogP contribution in [0.5, 0.6) is 0 Å². The molecule has 0 N–H and O–H groups in total. The minimum Gasteiger partial charge on any atom is -0.465 e. The van der Waals surface area contributed by atoms with Crippen LogP contribution in [0.1, 0.15) is 24.3 Å². The van der Waals surface area contributed by atoms with Gasteiger partial charge >= 0.3 is 0 Å². The fraction of sp³-hybridized carbons (Fsp3) is 0.0909. The Bertz CT molecular complexity index is 980. The zero-order chi connectivity index (χ0) is 18.6. The lowest BCUT2D eigenvalue weighted by atomic mass is 10.1. The molecule has 1 saturated heterocycles. The third-order valence-electron chi connectivity index (χ3n) is 4.30. The third-order valence-corrected chi connectivity index (χ3v) is 5.29. The molecule has 1 aliphatic heterocycles. The van der Waals surface area contributed by atoms with Crippen LogP contribution in [-0.4, -0.2) is 16.0 Å². The predicted octanol–water partition coefficient (Wildman–Crippen LogP) is 5.64. The molecule has 0 unspecified atom stereocenters. The molecule has 0 radical (unpaired) electrons. The van der Waals surface area contributed by atoms with Crippen molar-refractivity contribution in [2.24, 2.45) is 4.99 Å². The smallest absolute Gasteiger partial charge is 0.267 e. The van der Waals surface area contributed by atoms with Gasteiger partial charge < -0.3 is 4.42 Å². The Morgan fingerprint density at radius 2 is 1.70 bits per heavy atom. The average Bonchev–Trinajstić information content (AvgIpc) is 3.32. The van der Waals surface area contributed by atoms with Gasteiger partial charge in [-0.1, -0.05) is 48.5 Å². The zero-order valence-corrected chi connectivity index (χ0v) is 15.6. The Morgan fingerprint density at radius 1 is 1.00 bits per heavy atom. The van der Waals surface area contributed by atoms with Crippen molar-refractivity contribution in [1.82, 2.24) is 4.90 Å². The van der Waals surface area contributed by atoms with Gasteiger partial charge in [-0.05, 0) is 48.5 Å². The summed E-state index contributed by atoms with van der Waals surface area (Å²) in [5.74, 6) is 0.585. The van der Waals surface area contributed by atoms with E-state index in [0.29, 0.717) is 15.8 Å². The largest absolute Gasteiger partial charge is 0.465 e. The van der Waals surface area contributed by atoms with Gasteiger partial charge in [0.2, 0.25) is 0 Å². The highest BCUT2D eigenvalue weighted by atomic mass is 32.2. The SMILES string of the molecule is C[C@@H](c1ccccc1)N1C(=O)/C(=C\c2ccco2)SC1=Nc1ccccc1. The Balaban J connectivity index is 1.74. The van der Waals surface area contributed by atoms with Gasteiger partial charge in [-0.3, -0.25) is 9.69 Å². The summed E-state index contributed by atoms with van der Waals surface area (Å²) in [6.45, 7) is 2.02. The number of thioether (sulfide) groups is 1. The van der Waals surface area contributed by atoms with Gasteiger partial charge in [0.25, 0.3) is 5.91 Å². The number of furan rings is 1. The van der Waals surface area contributed by atoms with E-state index in [2.05, 4.69) is 0 Å². The first-order valence-electron chi connectivity index (χ1n) is 8.67. The molecular formula is C22H18N2O2S. The summed E-state index contributed by atoms with van der Waals surface area (Å²) < 4.78 is 5.38. The molecular weight excluding hydrogens is 356 g/mol. The van der Waals surface area contributed by atoms with Gasteiger partial charge in [-0.2, -0.15) is 0 Å². The number of amides is 1. The monoisotopic (exact) mass is 374 g/mol. The fourth-order valence-electron chi connectivity index (χ4n) is 2.90. The molecule has 134 valence electrons. The summed E-state index contributed by atoms with van der Waals surface area (Å²) in [6.07, 6.45) is 3.37. The van der Waals surface area contributed by atoms with Crippen LogP contribution in [0.15, 0.2) is 93.4 Å². The molecule has 1 aliphatic rings. The van der Waals surface area contributed by atoms with Crippen LogP contribution in [0, 0.1) is 0 Å². The van der Waals surface area contributed by atoms with Crippen LogP contribution in [0.3, 0.4) is 0 Å². The van der Waals surface area contributed by atoms with E-state index >= 15 is 0 Å². The maximum atomic E-state index is 13.2. The molecule has 0 saturated carbocycles. The number of aliphatic imine (C=N–C) groups is 1. The molecule has 1 fully saturated rings. The molecule has 0 spiro atoms. The zero-order valence-electron chi connectivity index (χ0n) is 14.8. The van der Waals surface area contributed by atoms with E-state index in [1.807, 2.05) is 73.7 Å². The van der Waals surface area contributed by atoms with Crippen molar-refractivity contribution in [3.63, 3.8) is 0 Å². The van der Waals surface area contributed by atoms with Crippen molar-refractivity contribution in [2.75, 3.05) is 0 Å². The van der Waals surface area contributed by atoms with Crippen LogP contribution >= 0.6 is 11.8 Å². The number of rotatable bonds is 4. The van der Waals surface area contributed by atoms with Crippen molar-refractivity contribution in [1.29, 1.82) is 0 Å². The molecule has 2 heterocycles. The lowest BCUT2D eigenvalue weighted by Gasteiger charge is -2.24. The van der Waals surface area contributed by atoms with Gasteiger partial charge in [0.05, 0.1) is 22.9 Å². The number of para-hydroxylation sites is 1. The quantitative estimate of drug-likeness (QED) is 0.555. The van der Waals surface area contributed by atoms with E-state index < -0.39 is 0 Å². The highest BCUT2D eigenvalue weighted by Crippen LogP contribution is 2.39. The molecule has 1 aromatic heterocycles. The van der Waals surface area contributed by atoms with Gasteiger partial charge in [0, 0.05) is 6.08 Å².